The molecular formula is C15H23NO. The lowest BCUT2D eigenvalue weighted by Crippen LogP contribution is -2.12. The molecule has 0 aromatic heterocycles. The molecule has 2 heteroatoms. The van der Waals surface area contributed by atoms with Crippen molar-refractivity contribution >= 4 is 6.08 Å². The molecule has 1 aromatic carbocycles. The third kappa shape index (κ3) is 6.12. The van der Waals surface area contributed by atoms with Gasteiger partial charge in [-0.05, 0) is 51.1 Å². The minimum Gasteiger partial charge on any atom is -0.491 e. The van der Waals surface area contributed by atoms with E-state index in [9.17, 15) is 0 Å². The Morgan fingerprint density at radius 1 is 1.24 bits per heavy atom. The first-order chi connectivity index (χ1) is 8.22. The van der Waals surface area contributed by atoms with Gasteiger partial charge in [0.05, 0.1) is 6.10 Å². The van der Waals surface area contributed by atoms with Crippen molar-refractivity contribution in [2.24, 2.45) is 0 Å². The van der Waals surface area contributed by atoms with Crippen LogP contribution < -0.4 is 10.1 Å². The highest BCUT2D eigenvalue weighted by Gasteiger charge is 1.96. The summed E-state index contributed by atoms with van der Waals surface area (Å²) in [7, 11) is 0. The Hall–Kier alpha value is -1.28. The van der Waals surface area contributed by atoms with Gasteiger partial charge in [-0.1, -0.05) is 31.2 Å². The van der Waals surface area contributed by atoms with Gasteiger partial charge < -0.3 is 10.1 Å². The van der Waals surface area contributed by atoms with Gasteiger partial charge in [-0.25, -0.2) is 0 Å². The lowest BCUT2D eigenvalue weighted by molar-refractivity contribution is 0.242. The monoisotopic (exact) mass is 233 g/mol. The highest BCUT2D eigenvalue weighted by atomic mass is 16.5. The molecule has 0 spiro atoms. The highest BCUT2D eigenvalue weighted by molar-refractivity contribution is 5.50. The van der Waals surface area contributed by atoms with Crippen LogP contribution in [0.5, 0.6) is 5.75 Å². The molecule has 1 aromatic rings. The molecule has 0 aliphatic carbocycles. The Balaban J connectivity index is 2.39. The van der Waals surface area contributed by atoms with E-state index in [2.05, 4.69) is 36.5 Å². The maximum Gasteiger partial charge on any atom is 0.119 e. The molecule has 0 amide bonds. The largest absolute Gasteiger partial charge is 0.491 e. The zero-order valence-electron chi connectivity index (χ0n) is 11.1. The fraction of sp³-hybridized carbons (Fsp3) is 0.467. The normalized spacial score (nSPS) is 11.3. The Morgan fingerprint density at radius 2 is 1.94 bits per heavy atom. The predicted molar refractivity (Wildman–Crippen MR) is 74.4 cm³/mol. The molecule has 0 aliphatic heterocycles. The van der Waals surface area contributed by atoms with Crippen LogP contribution in [0.1, 0.15) is 32.8 Å². The first kappa shape index (κ1) is 13.8. The Kier molecular flexibility index (Phi) is 6.41. The Morgan fingerprint density at radius 3 is 2.53 bits per heavy atom. The zero-order chi connectivity index (χ0) is 12.5. The molecule has 0 saturated heterocycles. The summed E-state index contributed by atoms with van der Waals surface area (Å²) in [6.45, 7) is 8.27. The summed E-state index contributed by atoms with van der Waals surface area (Å²) >= 11 is 0. The van der Waals surface area contributed by atoms with Crippen LogP contribution in [-0.2, 0) is 0 Å². The van der Waals surface area contributed by atoms with E-state index in [1.807, 2.05) is 26.0 Å². The quantitative estimate of drug-likeness (QED) is 0.728. The molecule has 94 valence electrons. The van der Waals surface area contributed by atoms with Crippen LogP contribution in [0.25, 0.3) is 6.08 Å². The standard InChI is InChI=1S/C15H23NO/c1-4-16-12-6-5-7-14-8-10-15(11-9-14)17-13(2)3/h5,7-11,13,16H,4,6,12H2,1-3H3. The van der Waals surface area contributed by atoms with Crippen molar-refractivity contribution in [3.63, 3.8) is 0 Å². The maximum atomic E-state index is 5.59. The molecular weight excluding hydrogens is 210 g/mol. The molecule has 0 aliphatic rings. The van der Waals surface area contributed by atoms with E-state index < -0.39 is 0 Å². The number of rotatable bonds is 7. The first-order valence-electron chi connectivity index (χ1n) is 6.36. The van der Waals surface area contributed by atoms with Crippen LogP contribution in [0.3, 0.4) is 0 Å². The first-order valence-corrected chi connectivity index (χ1v) is 6.36. The third-order valence-electron chi connectivity index (χ3n) is 2.30. The summed E-state index contributed by atoms with van der Waals surface area (Å²) < 4.78 is 5.59. The fourth-order valence-corrected chi connectivity index (χ4v) is 1.51. The van der Waals surface area contributed by atoms with Gasteiger partial charge in [0.25, 0.3) is 0 Å². The topological polar surface area (TPSA) is 21.3 Å². The molecule has 0 bridgehead atoms. The Bertz CT molecular complexity index is 327. The van der Waals surface area contributed by atoms with Gasteiger partial charge in [-0.3, -0.25) is 0 Å². The number of hydrogen-bond acceptors (Lipinski definition) is 2. The van der Waals surface area contributed by atoms with E-state index in [1.54, 1.807) is 0 Å². The molecule has 0 radical (unpaired) electrons. The predicted octanol–water partition coefficient (Wildman–Crippen LogP) is 3.49. The van der Waals surface area contributed by atoms with E-state index in [1.165, 1.54) is 5.56 Å². The summed E-state index contributed by atoms with van der Waals surface area (Å²) in [5, 5.41) is 3.29. The minimum atomic E-state index is 0.233. The number of hydrogen-bond donors (Lipinski definition) is 1. The SMILES string of the molecule is CCNCCC=Cc1ccc(OC(C)C)cc1. The van der Waals surface area contributed by atoms with Crippen LogP contribution in [-0.4, -0.2) is 19.2 Å². The maximum absolute atomic E-state index is 5.59. The van der Waals surface area contributed by atoms with Gasteiger partial charge in [0, 0.05) is 0 Å². The van der Waals surface area contributed by atoms with Crippen LogP contribution in [0.4, 0.5) is 0 Å². The molecule has 1 rings (SSSR count). The molecule has 0 fully saturated rings. The second-order valence-corrected chi connectivity index (χ2v) is 4.28. The molecule has 0 saturated carbocycles. The van der Waals surface area contributed by atoms with Crippen LogP contribution in [0.2, 0.25) is 0 Å². The molecule has 1 N–H and O–H groups in total. The van der Waals surface area contributed by atoms with E-state index in [-0.39, 0.29) is 6.10 Å². The van der Waals surface area contributed by atoms with Gasteiger partial charge in [0.15, 0.2) is 0 Å². The average molecular weight is 233 g/mol. The number of ether oxygens (including phenoxy) is 1. The molecule has 2 nitrogen and oxygen atoms in total. The van der Waals surface area contributed by atoms with Crippen molar-refractivity contribution < 1.29 is 4.74 Å². The summed E-state index contributed by atoms with van der Waals surface area (Å²) in [5.74, 6) is 0.935. The third-order valence-corrected chi connectivity index (χ3v) is 2.30. The smallest absolute Gasteiger partial charge is 0.119 e. The van der Waals surface area contributed by atoms with Gasteiger partial charge in [-0.15, -0.1) is 0 Å². The molecule has 0 atom stereocenters. The lowest BCUT2D eigenvalue weighted by atomic mass is 10.2. The second kappa shape index (κ2) is 7.91. The number of benzene rings is 1. The van der Waals surface area contributed by atoms with E-state index >= 15 is 0 Å². The van der Waals surface area contributed by atoms with E-state index in [0.29, 0.717) is 0 Å². The highest BCUT2D eigenvalue weighted by Crippen LogP contribution is 2.14. The zero-order valence-corrected chi connectivity index (χ0v) is 11.1. The summed E-state index contributed by atoms with van der Waals surface area (Å²) in [6, 6.07) is 8.21. The van der Waals surface area contributed by atoms with Crippen LogP contribution >= 0.6 is 0 Å². The van der Waals surface area contributed by atoms with Crippen molar-refractivity contribution in [1.29, 1.82) is 0 Å². The van der Waals surface area contributed by atoms with Crippen molar-refractivity contribution in [2.45, 2.75) is 33.3 Å². The van der Waals surface area contributed by atoms with Crippen molar-refractivity contribution in [3.8, 4) is 5.75 Å². The van der Waals surface area contributed by atoms with Gasteiger partial charge in [-0.2, -0.15) is 0 Å². The molecule has 0 heterocycles. The van der Waals surface area contributed by atoms with Crippen LogP contribution in [0.15, 0.2) is 30.3 Å². The summed E-state index contributed by atoms with van der Waals surface area (Å²) in [6.07, 6.45) is 5.65. The van der Waals surface area contributed by atoms with Crippen molar-refractivity contribution in [3.05, 3.63) is 35.9 Å². The summed E-state index contributed by atoms with van der Waals surface area (Å²) in [5.41, 5.74) is 1.22. The van der Waals surface area contributed by atoms with Crippen LogP contribution in [0, 0.1) is 0 Å². The van der Waals surface area contributed by atoms with Gasteiger partial charge >= 0.3 is 0 Å². The van der Waals surface area contributed by atoms with Crippen molar-refractivity contribution in [1.82, 2.24) is 5.32 Å². The van der Waals surface area contributed by atoms with Crippen molar-refractivity contribution in [2.75, 3.05) is 13.1 Å². The molecule has 0 unspecified atom stereocenters. The van der Waals surface area contributed by atoms with Gasteiger partial charge in [0.1, 0.15) is 5.75 Å². The van der Waals surface area contributed by atoms with Gasteiger partial charge in [0.2, 0.25) is 0 Å². The molecule has 17 heavy (non-hydrogen) atoms. The Labute approximate surface area is 105 Å². The second-order valence-electron chi connectivity index (χ2n) is 4.28. The number of nitrogens with one attached hydrogen (secondary N) is 1. The lowest BCUT2D eigenvalue weighted by Gasteiger charge is -2.09. The van der Waals surface area contributed by atoms with E-state index in [4.69, 9.17) is 4.74 Å². The minimum absolute atomic E-state index is 0.233. The van der Waals surface area contributed by atoms with E-state index in [0.717, 1.165) is 25.3 Å². The summed E-state index contributed by atoms with van der Waals surface area (Å²) in [4.78, 5) is 0. The fourth-order valence-electron chi connectivity index (χ4n) is 1.51. The average Bonchev–Trinajstić information content (AvgIpc) is 2.30.